The minimum absolute atomic E-state index is 0.0378. The van der Waals surface area contributed by atoms with Crippen molar-refractivity contribution < 1.29 is 4.79 Å². The smallest absolute Gasteiger partial charge is 0.251 e. The third-order valence-electron chi connectivity index (χ3n) is 3.44. The molecule has 5 heteroatoms. The minimum atomic E-state index is -0.0378. The number of likely N-dealkylation sites (N-methyl/N-ethyl adjacent to an activating group) is 1. The van der Waals surface area contributed by atoms with E-state index in [4.69, 9.17) is 0 Å². The summed E-state index contributed by atoms with van der Waals surface area (Å²) in [6, 6.07) is 3.79. The molecule has 0 aliphatic heterocycles. The van der Waals surface area contributed by atoms with E-state index < -0.39 is 0 Å². The number of anilines is 1. The zero-order chi connectivity index (χ0) is 16.0. The van der Waals surface area contributed by atoms with Crippen molar-refractivity contribution in [2.75, 3.05) is 33.0 Å². The molecule has 0 radical (unpaired) electrons. The van der Waals surface area contributed by atoms with Crippen molar-refractivity contribution in [2.24, 2.45) is 5.92 Å². The molecule has 1 heterocycles. The van der Waals surface area contributed by atoms with Gasteiger partial charge < -0.3 is 15.5 Å². The molecule has 0 aliphatic carbocycles. The molecule has 1 rings (SSSR count). The Morgan fingerprint density at radius 3 is 2.48 bits per heavy atom. The highest BCUT2D eigenvalue weighted by Gasteiger charge is 2.18. The van der Waals surface area contributed by atoms with Crippen molar-refractivity contribution in [3.63, 3.8) is 0 Å². The van der Waals surface area contributed by atoms with Gasteiger partial charge in [0.05, 0.1) is 0 Å². The van der Waals surface area contributed by atoms with Gasteiger partial charge in [-0.1, -0.05) is 20.8 Å². The summed E-state index contributed by atoms with van der Waals surface area (Å²) in [6.07, 6.45) is 0.807. The van der Waals surface area contributed by atoms with Crippen LogP contribution in [0.5, 0.6) is 0 Å². The van der Waals surface area contributed by atoms with E-state index in [2.05, 4.69) is 34.4 Å². The monoisotopic (exact) mass is 292 g/mol. The quantitative estimate of drug-likeness (QED) is 0.807. The Labute approximate surface area is 128 Å². The highest BCUT2D eigenvalue weighted by molar-refractivity contribution is 5.95. The maximum absolute atomic E-state index is 12.5. The third kappa shape index (κ3) is 5.34. The first-order valence-corrected chi connectivity index (χ1v) is 7.51. The van der Waals surface area contributed by atoms with Gasteiger partial charge in [-0.2, -0.15) is 0 Å². The summed E-state index contributed by atoms with van der Waals surface area (Å²) in [5, 5.41) is 6.14. The van der Waals surface area contributed by atoms with Crippen LogP contribution in [-0.2, 0) is 6.42 Å². The number of carbonyl (C=O) groups is 1. The number of nitrogens with one attached hydrogen (secondary N) is 2. The van der Waals surface area contributed by atoms with Gasteiger partial charge in [-0.15, -0.1) is 0 Å². The van der Waals surface area contributed by atoms with Gasteiger partial charge in [-0.05, 0) is 38.6 Å². The zero-order valence-electron chi connectivity index (χ0n) is 14.0. The van der Waals surface area contributed by atoms with Crippen LogP contribution in [0.25, 0.3) is 0 Å². The van der Waals surface area contributed by atoms with Gasteiger partial charge in [-0.25, -0.2) is 4.98 Å². The molecule has 118 valence electrons. The molecule has 1 aromatic heterocycles. The molecule has 1 amide bonds. The number of rotatable bonds is 7. The lowest BCUT2D eigenvalue weighted by Gasteiger charge is -2.25. The fourth-order valence-corrected chi connectivity index (χ4v) is 2.10. The van der Waals surface area contributed by atoms with Crippen molar-refractivity contribution in [3.05, 3.63) is 23.4 Å². The zero-order valence-corrected chi connectivity index (χ0v) is 14.0. The van der Waals surface area contributed by atoms with E-state index in [0.29, 0.717) is 11.5 Å². The minimum Gasteiger partial charge on any atom is -0.373 e. The number of hydrogen-bond acceptors (Lipinski definition) is 4. The summed E-state index contributed by atoms with van der Waals surface area (Å²) in [5.74, 6) is 1.07. The predicted octanol–water partition coefficient (Wildman–Crippen LogP) is 2.00. The number of hydrogen-bond donors (Lipinski definition) is 2. The van der Waals surface area contributed by atoms with Crippen molar-refractivity contribution in [1.29, 1.82) is 0 Å². The molecule has 5 nitrogen and oxygen atoms in total. The van der Waals surface area contributed by atoms with Crippen LogP contribution in [0.2, 0.25) is 0 Å². The second-order valence-corrected chi connectivity index (χ2v) is 5.92. The van der Waals surface area contributed by atoms with E-state index in [1.807, 2.05) is 34.1 Å². The summed E-state index contributed by atoms with van der Waals surface area (Å²) in [6.45, 7) is 7.11. The molecule has 0 fully saturated rings. The number of aryl methyl sites for hydroxylation is 1. The van der Waals surface area contributed by atoms with Crippen LogP contribution in [0.3, 0.4) is 0 Å². The molecular weight excluding hydrogens is 264 g/mol. The van der Waals surface area contributed by atoms with Crippen molar-refractivity contribution in [3.8, 4) is 0 Å². The Morgan fingerprint density at radius 2 is 2.00 bits per heavy atom. The van der Waals surface area contributed by atoms with Gasteiger partial charge in [0, 0.05) is 30.9 Å². The van der Waals surface area contributed by atoms with Crippen LogP contribution in [0.4, 0.5) is 5.82 Å². The average molecular weight is 292 g/mol. The molecule has 0 aliphatic rings. The van der Waals surface area contributed by atoms with Gasteiger partial charge in [-0.3, -0.25) is 4.79 Å². The maximum atomic E-state index is 12.5. The lowest BCUT2D eigenvalue weighted by molar-refractivity contribution is 0.0916. The highest BCUT2D eigenvalue weighted by atomic mass is 16.1. The van der Waals surface area contributed by atoms with Crippen LogP contribution in [0.15, 0.2) is 12.1 Å². The summed E-state index contributed by atoms with van der Waals surface area (Å²) in [5.41, 5.74) is 1.58. The van der Waals surface area contributed by atoms with E-state index in [1.165, 1.54) is 0 Å². The molecule has 0 aromatic carbocycles. The molecule has 0 saturated heterocycles. The van der Waals surface area contributed by atoms with Crippen molar-refractivity contribution in [2.45, 2.75) is 33.2 Å². The summed E-state index contributed by atoms with van der Waals surface area (Å²) in [4.78, 5) is 19.0. The molecule has 2 N–H and O–H groups in total. The van der Waals surface area contributed by atoms with Crippen molar-refractivity contribution in [1.82, 2.24) is 15.2 Å². The molecule has 0 saturated carbocycles. The molecule has 0 bridgehead atoms. The molecule has 1 atom stereocenters. The van der Waals surface area contributed by atoms with Crippen LogP contribution < -0.4 is 10.6 Å². The van der Waals surface area contributed by atoms with Crippen LogP contribution in [-0.4, -0.2) is 49.5 Å². The lowest BCUT2D eigenvalue weighted by Crippen LogP contribution is -2.45. The first-order valence-electron chi connectivity index (χ1n) is 7.51. The summed E-state index contributed by atoms with van der Waals surface area (Å²) >= 11 is 0. The number of nitrogens with zero attached hydrogens (tertiary/aromatic N) is 2. The van der Waals surface area contributed by atoms with E-state index >= 15 is 0 Å². The average Bonchev–Trinajstić information content (AvgIpc) is 2.45. The highest BCUT2D eigenvalue weighted by Crippen LogP contribution is 2.12. The topological polar surface area (TPSA) is 57.3 Å². The normalized spacial score (nSPS) is 12.6. The van der Waals surface area contributed by atoms with Crippen LogP contribution in [0, 0.1) is 5.92 Å². The number of carbonyl (C=O) groups excluding carboxylic acids is 1. The predicted molar refractivity (Wildman–Crippen MR) is 87.8 cm³/mol. The van der Waals surface area contributed by atoms with Gasteiger partial charge in [0.25, 0.3) is 5.91 Å². The summed E-state index contributed by atoms with van der Waals surface area (Å²) < 4.78 is 0. The first kappa shape index (κ1) is 17.4. The van der Waals surface area contributed by atoms with Crippen molar-refractivity contribution >= 4 is 11.7 Å². The Kier molecular flexibility index (Phi) is 6.62. The first-order chi connectivity index (χ1) is 9.87. The van der Waals surface area contributed by atoms with E-state index in [0.717, 1.165) is 24.5 Å². The van der Waals surface area contributed by atoms with Crippen LogP contribution in [0.1, 0.15) is 36.8 Å². The number of aromatic nitrogens is 1. The largest absolute Gasteiger partial charge is 0.373 e. The van der Waals surface area contributed by atoms with Gasteiger partial charge in [0.15, 0.2) is 0 Å². The van der Waals surface area contributed by atoms with Crippen LogP contribution >= 0.6 is 0 Å². The standard InChI is InChI=1S/C16H28N4O/c1-7-13-8-12(9-15(17-4)18-13)16(21)19-14(11(2)3)10-20(5)6/h8-9,11,14H,7,10H2,1-6H3,(H,17,18)(H,19,21). The molecular formula is C16H28N4O. The second kappa shape index (κ2) is 7.98. The van der Waals surface area contributed by atoms with E-state index in [9.17, 15) is 4.79 Å². The Hall–Kier alpha value is -1.62. The fraction of sp³-hybridized carbons (Fsp3) is 0.625. The molecule has 0 spiro atoms. The Morgan fingerprint density at radius 1 is 1.33 bits per heavy atom. The van der Waals surface area contributed by atoms with E-state index in [-0.39, 0.29) is 11.9 Å². The molecule has 1 aromatic rings. The Bertz CT molecular complexity index is 449. The molecule has 21 heavy (non-hydrogen) atoms. The third-order valence-corrected chi connectivity index (χ3v) is 3.44. The summed E-state index contributed by atoms with van der Waals surface area (Å²) in [7, 11) is 5.84. The van der Waals surface area contributed by atoms with Gasteiger partial charge >= 0.3 is 0 Å². The SMILES string of the molecule is CCc1cc(C(=O)NC(CN(C)C)C(C)C)cc(NC)n1. The second-order valence-electron chi connectivity index (χ2n) is 5.92. The number of pyridine rings is 1. The van der Waals surface area contributed by atoms with Gasteiger partial charge in [0.1, 0.15) is 5.82 Å². The lowest BCUT2D eigenvalue weighted by atomic mass is 10.0. The molecule has 1 unspecified atom stereocenters. The maximum Gasteiger partial charge on any atom is 0.251 e. The van der Waals surface area contributed by atoms with Gasteiger partial charge in [0.2, 0.25) is 0 Å². The Balaban J connectivity index is 2.91. The fourth-order valence-electron chi connectivity index (χ4n) is 2.10. The number of amides is 1. The van der Waals surface area contributed by atoms with E-state index in [1.54, 1.807) is 6.07 Å².